The number of pyridine rings is 1. The average Bonchev–Trinajstić information content (AvgIpc) is 2.70. The van der Waals surface area contributed by atoms with Gasteiger partial charge >= 0.3 is 0 Å². The van der Waals surface area contributed by atoms with Gasteiger partial charge in [-0.15, -0.1) is 0 Å². The Labute approximate surface area is 156 Å². The molecule has 0 saturated carbocycles. The van der Waals surface area contributed by atoms with Crippen LogP contribution in [0.5, 0.6) is 11.5 Å². The van der Waals surface area contributed by atoms with Crippen molar-refractivity contribution in [2.75, 3.05) is 24.9 Å². The zero-order chi connectivity index (χ0) is 19.2. The molecule has 0 spiro atoms. The Hall–Kier alpha value is -3.61. The van der Waals surface area contributed by atoms with Crippen molar-refractivity contribution >= 4 is 23.0 Å². The van der Waals surface area contributed by atoms with E-state index in [1.165, 1.54) is 25.4 Å². The summed E-state index contributed by atoms with van der Waals surface area (Å²) in [6.45, 7) is 0. The second-order valence-electron chi connectivity index (χ2n) is 5.59. The van der Waals surface area contributed by atoms with Crippen LogP contribution in [0.1, 0.15) is 10.5 Å². The number of aromatic nitrogens is 1. The lowest BCUT2D eigenvalue weighted by atomic mass is 10.2. The van der Waals surface area contributed by atoms with Gasteiger partial charge in [0.2, 0.25) is 0 Å². The first kappa shape index (κ1) is 18.2. The number of methoxy groups -OCH3 is 2. The highest BCUT2D eigenvalue weighted by Gasteiger charge is 2.11. The number of halogens is 1. The highest BCUT2D eigenvalue weighted by molar-refractivity contribution is 6.03. The monoisotopic (exact) mass is 367 g/mol. The van der Waals surface area contributed by atoms with E-state index in [-0.39, 0.29) is 17.4 Å². The molecule has 0 aliphatic rings. The zero-order valence-corrected chi connectivity index (χ0v) is 14.8. The topological polar surface area (TPSA) is 72.5 Å². The first-order valence-corrected chi connectivity index (χ1v) is 8.11. The van der Waals surface area contributed by atoms with E-state index in [9.17, 15) is 9.18 Å². The number of hydrogen-bond acceptors (Lipinski definition) is 5. The van der Waals surface area contributed by atoms with Crippen LogP contribution in [0.4, 0.5) is 21.5 Å². The highest BCUT2D eigenvalue weighted by Crippen LogP contribution is 2.30. The van der Waals surface area contributed by atoms with Crippen LogP contribution < -0.4 is 20.1 Å². The van der Waals surface area contributed by atoms with E-state index in [0.29, 0.717) is 28.6 Å². The molecule has 2 aromatic carbocycles. The second kappa shape index (κ2) is 8.18. The minimum atomic E-state index is -0.370. The minimum absolute atomic E-state index is 0.233. The molecule has 0 radical (unpaired) electrons. The molecule has 0 fully saturated rings. The molecule has 0 aliphatic heterocycles. The van der Waals surface area contributed by atoms with Gasteiger partial charge in [0.25, 0.3) is 5.91 Å². The predicted octanol–water partition coefficient (Wildman–Crippen LogP) is 4.23. The van der Waals surface area contributed by atoms with E-state index in [0.717, 1.165) is 0 Å². The van der Waals surface area contributed by atoms with E-state index in [1.54, 1.807) is 49.6 Å². The van der Waals surface area contributed by atoms with Crippen molar-refractivity contribution in [1.29, 1.82) is 0 Å². The quantitative estimate of drug-likeness (QED) is 0.682. The standard InChI is InChI=1S/C20H18FN3O3/c1-26-18-8-7-15(12-19(18)27-2)24-20(25)17-11-16(9-10-22-17)23-14-5-3-13(21)4-6-14/h3-12H,1-2H3,(H,22,23)(H,24,25). The van der Waals surface area contributed by atoms with Crippen molar-refractivity contribution in [2.24, 2.45) is 0 Å². The Kier molecular flexibility index (Phi) is 5.51. The Morgan fingerprint density at radius 2 is 1.59 bits per heavy atom. The third kappa shape index (κ3) is 4.52. The number of nitrogens with one attached hydrogen (secondary N) is 2. The summed E-state index contributed by atoms with van der Waals surface area (Å²) in [5.41, 5.74) is 2.15. The molecule has 3 aromatic rings. The van der Waals surface area contributed by atoms with Crippen LogP contribution in [0.15, 0.2) is 60.8 Å². The highest BCUT2D eigenvalue weighted by atomic mass is 19.1. The van der Waals surface area contributed by atoms with Gasteiger partial charge in [-0.2, -0.15) is 0 Å². The van der Waals surface area contributed by atoms with E-state index >= 15 is 0 Å². The Balaban J connectivity index is 1.74. The predicted molar refractivity (Wildman–Crippen MR) is 101 cm³/mol. The molecule has 1 aromatic heterocycles. The third-order valence-electron chi connectivity index (χ3n) is 3.77. The van der Waals surface area contributed by atoms with Crippen LogP contribution >= 0.6 is 0 Å². The normalized spacial score (nSPS) is 10.2. The first-order valence-electron chi connectivity index (χ1n) is 8.11. The number of hydrogen-bond donors (Lipinski definition) is 2. The molecule has 0 unspecified atom stereocenters. The average molecular weight is 367 g/mol. The molecular formula is C20H18FN3O3. The number of carbonyl (C=O) groups is 1. The van der Waals surface area contributed by atoms with Gasteiger partial charge in [-0.05, 0) is 48.5 Å². The van der Waals surface area contributed by atoms with Crippen LogP contribution in [-0.2, 0) is 0 Å². The van der Waals surface area contributed by atoms with Crippen molar-refractivity contribution in [2.45, 2.75) is 0 Å². The summed E-state index contributed by atoms with van der Waals surface area (Å²) >= 11 is 0. The lowest BCUT2D eigenvalue weighted by molar-refractivity contribution is 0.102. The third-order valence-corrected chi connectivity index (χ3v) is 3.77. The van der Waals surface area contributed by atoms with Crippen LogP contribution in [0.2, 0.25) is 0 Å². The molecule has 0 bridgehead atoms. The lowest BCUT2D eigenvalue weighted by Crippen LogP contribution is -2.14. The summed E-state index contributed by atoms with van der Waals surface area (Å²) in [6, 6.07) is 14.3. The number of benzene rings is 2. The van der Waals surface area contributed by atoms with E-state index in [1.807, 2.05) is 0 Å². The van der Waals surface area contributed by atoms with E-state index in [2.05, 4.69) is 15.6 Å². The number of nitrogens with zero attached hydrogens (tertiary/aromatic N) is 1. The van der Waals surface area contributed by atoms with Gasteiger partial charge in [-0.1, -0.05) is 0 Å². The van der Waals surface area contributed by atoms with Crippen molar-refractivity contribution in [1.82, 2.24) is 4.98 Å². The second-order valence-corrected chi connectivity index (χ2v) is 5.59. The Morgan fingerprint density at radius 3 is 2.30 bits per heavy atom. The zero-order valence-electron chi connectivity index (χ0n) is 14.8. The van der Waals surface area contributed by atoms with Crippen molar-refractivity contribution in [3.8, 4) is 11.5 Å². The summed E-state index contributed by atoms with van der Waals surface area (Å²) in [7, 11) is 3.06. The molecule has 0 atom stereocenters. The fraction of sp³-hybridized carbons (Fsp3) is 0.100. The molecule has 0 saturated heterocycles. The molecule has 3 rings (SSSR count). The number of carbonyl (C=O) groups excluding carboxylic acids is 1. The molecule has 1 heterocycles. The van der Waals surface area contributed by atoms with Crippen molar-refractivity contribution in [3.63, 3.8) is 0 Å². The number of anilines is 3. The fourth-order valence-corrected chi connectivity index (χ4v) is 2.44. The Bertz CT molecular complexity index is 945. The first-order chi connectivity index (χ1) is 13.1. The molecule has 6 nitrogen and oxygen atoms in total. The molecule has 27 heavy (non-hydrogen) atoms. The van der Waals surface area contributed by atoms with Crippen molar-refractivity contribution in [3.05, 3.63) is 72.3 Å². The molecule has 138 valence electrons. The van der Waals surface area contributed by atoms with Crippen LogP contribution in [-0.4, -0.2) is 25.1 Å². The summed E-state index contributed by atoms with van der Waals surface area (Å²) in [5.74, 6) is 0.393. The fourth-order valence-electron chi connectivity index (χ4n) is 2.44. The number of rotatable bonds is 6. The maximum Gasteiger partial charge on any atom is 0.274 e. The number of amides is 1. The molecule has 7 heteroatoms. The summed E-state index contributed by atoms with van der Waals surface area (Å²) in [4.78, 5) is 16.6. The maximum atomic E-state index is 13.0. The summed E-state index contributed by atoms with van der Waals surface area (Å²) in [6.07, 6.45) is 1.52. The summed E-state index contributed by atoms with van der Waals surface area (Å²) < 4.78 is 23.4. The van der Waals surface area contributed by atoms with E-state index < -0.39 is 0 Å². The van der Waals surface area contributed by atoms with Gasteiger partial charge in [-0.25, -0.2) is 4.39 Å². The minimum Gasteiger partial charge on any atom is -0.493 e. The largest absolute Gasteiger partial charge is 0.493 e. The van der Waals surface area contributed by atoms with Gasteiger partial charge in [0.1, 0.15) is 11.5 Å². The van der Waals surface area contributed by atoms with E-state index in [4.69, 9.17) is 9.47 Å². The molecule has 0 aliphatic carbocycles. The van der Waals surface area contributed by atoms with Crippen molar-refractivity contribution < 1.29 is 18.7 Å². The molecular weight excluding hydrogens is 349 g/mol. The SMILES string of the molecule is COc1ccc(NC(=O)c2cc(Nc3ccc(F)cc3)ccn2)cc1OC. The van der Waals surface area contributed by atoms with Gasteiger partial charge in [0.15, 0.2) is 11.5 Å². The maximum absolute atomic E-state index is 13.0. The lowest BCUT2D eigenvalue weighted by Gasteiger charge is -2.11. The molecule has 1 amide bonds. The smallest absolute Gasteiger partial charge is 0.274 e. The van der Waals surface area contributed by atoms with Gasteiger partial charge in [0.05, 0.1) is 14.2 Å². The van der Waals surface area contributed by atoms with Crippen LogP contribution in [0.25, 0.3) is 0 Å². The molecule has 2 N–H and O–H groups in total. The number of ether oxygens (including phenoxy) is 2. The van der Waals surface area contributed by atoms with Crippen LogP contribution in [0, 0.1) is 5.82 Å². The van der Waals surface area contributed by atoms with Crippen LogP contribution in [0.3, 0.4) is 0 Å². The Morgan fingerprint density at radius 1 is 0.889 bits per heavy atom. The van der Waals surface area contributed by atoms with Gasteiger partial charge in [-0.3, -0.25) is 9.78 Å². The van der Waals surface area contributed by atoms with Gasteiger partial charge in [0, 0.05) is 29.3 Å². The van der Waals surface area contributed by atoms with Gasteiger partial charge < -0.3 is 20.1 Å². The summed E-state index contributed by atoms with van der Waals surface area (Å²) in [5, 5.41) is 5.87.